The van der Waals surface area contributed by atoms with Gasteiger partial charge < -0.3 is 15.1 Å². The molecule has 2 aliphatic rings. The molecule has 1 aliphatic heterocycles. The number of nitrogens with one attached hydrogen (secondary N) is 2. The molecule has 0 radical (unpaired) electrons. The first kappa shape index (κ1) is 35.0. The second-order valence-corrected chi connectivity index (χ2v) is 15.6. The van der Waals surface area contributed by atoms with Crippen LogP contribution in [0, 0.1) is 4.51 Å². The summed E-state index contributed by atoms with van der Waals surface area (Å²) in [4.78, 5) is 37.8. The van der Waals surface area contributed by atoms with E-state index >= 15 is 0 Å². The van der Waals surface area contributed by atoms with Crippen molar-refractivity contribution in [1.82, 2.24) is 0 Å². The van der Waals surface area contributed by atoms with Gasteiger partial charge in [-0.25, -0.2) is 4.79 Å². The highest BCUT2D eigenvalue weighted by Gasteiger charge is 2.35. The van der Waals surface area contributed by atoms with Crippen LogP contribution in [0.2, 0.25) is 0 Å². The second kappa shape index (κ2) is 15.0. The lowest BCUT2D eigenvalue weighted by Crippen LogP contribution is -2.14. The van der Waals surface area contributed by atoms with Gasteiger partial charge in [0.25, 0.3) is 0 Å². The lowest BCUT2D eigenvalue weighted by Gasteiger charge is -2.20. The van der Waals surface area contributed by atoms with Crippen molar-refractivity contribution >= 4 is 102 Å². The minimum absolute atomic E-state index is 0.00212. The molecule has 0 atom stereocenters. The smallest absolute Gasteiger partial charge is 0.417 e. The summed E-state index contributed by atoms with van der Waals surface area (Å²) in [6.07, 6.45) is -4.39. The van der Waals surface area contributed by atoms with E-state index in [-0.39, 0.29) is 30.0 Å². The fourth-order valence-corrected chi connectivity index (χ4v) is 8.91. The van der Waals surface area contributed by atoms with E-state index in [0.29, 0.717) is 54.1 Å². The normalized spacial score (nSPS) is 11.7. The van der Waals surface area contributed by atoms with Crippen molar-refractivity contribution < 1.29 is 27.2 Å². The number of anilines is 2. The summed E-state index contributed by atoms with van der Waals surface area (Å²) in [5.41, 5.74) is 0.823. The first-order valence-electron chi connectivity index (χ1n) is 14.7. The van der Waals surface area contributed by atoms with Gasteiger partial charge in [-0.1, -0.05) is 52.0 Å². The van der Waals surface area contributed by atoms with Crippen LogP contribution in [0.5, 0.6) is 0 Å². The Kier molecular flexibility index (Phi) is 10.7. The Bertz CT molecular complexity index is 2300. The van der Waals surface area contributed by atoms with E-state index in [4.69, 9.17) is 16.6 Å². The van der Waals surface area contributed by atoms with Crippen LogP contribution in [-0.4, -0.2) is 23.3 Å². The van der Waals surface area contributed by atoms with Gasteiger partial charge in [0.1, 0.15) is 5.58 Å². The molecule has 250 valence electrons. The number of hydrogen-bond donors (Lipinski definition) is 3. The summed E-state index contributed by atoms with van der Waals surface area (Å²) in [7, 11) is 2.82. The number of hydrogen-bond acceptors (Lipinski definition) is 9. The standard InChI is InChI=1S/C35H25F3N2O4S5/c36-35(37,38)27-16-21(2-6-24(27)34-25-7-4-22(45)17-29(25)49-30-18-23(46)5-8-26(30)34)40-32(42)12-14-48-47-13-11-31(41)39-20-3-9-28-19(15-20)1-10-33(43)44-28/h1-10,15-18,45H,11-14H2,(H,39,41)(H,40,42). The van der Waals surface area contributed by atoms with Crippen molar-refractivity contribution in [3.63, 3.8) is 0 Å². The van der Waals surface area contributed by atoms with Gasteiger partial charge in [0, 0.05) is 77.1 Å². The number of carbonyl (C=O) groups excluding carboxylic acids is 2. The molecule has 6 rings (SSSR count). The number of carbonyl (C=O) groups is 2. The highest BCUT2D eigenvalue weighted by Crippen LogP contribution is 2.48. The molecule has 0 bridgehead atoms. The maximum atomic E-state index is 14.6. The molecule has 2 heterocycles. The maximum Gasteiger partial charge on any atom is 0.417 e. The molecule has 4 aromatic rings. The molecule has 1 aromatic heterocycles. The summed E-state index contributed by atoms with van der Waals surface area (Å²) < 4.78 is 50.2. The van der Waals surface area contributed by atoms with Crippen molar-refractivity contribution in [3.05, 3.63) is 105 Å². The summed E-state index contributed by atoms with van der Waals surface area (Å²) in [6, 6.07) is 22.3. The molecule has 0 saturated heterocycles. The van der Waals surface area contributed by atoms with E-state index in [9.17, 15) is 27.6 Å². The SMILES string of the molecule is O=C(CCSSCCC(=O)Nc1ccc2oc(=O)ccc2c1)Nc1ccc(-c2c3ccc(=S)cc-3sc3cc(S)ccc23)c(C(F)(F)F)c1. The van der Waals surface area contributed by atoms with E-state index in [1.807, 2.05) is 6.07 Å². The van der Waals surface area contributed by atoms with Crippen LogP contribution in [0.3, 0.4) is 0 Å². The number of amides is 2. The maximum absolute atomic E-state index is 14.6. The molecule has 6 nitrogen and oxygen atoms in total. The molecular formula is C35H25F3N2O4S5. The predicted molar refractivity (Wildman–Crippen MR) is 201 cm³/mol. The molecule has 0 fully saturated rings. The minimum Gasteiger partial charge on any atom is -0.423 e. The minimum atomic E-state index is -4.69. The number of fused-ring (bicyclic) bond motifs is 3. The Morgan fingerprint density at radius 1 is 0.816 bits per heavy atom. The summed E-state index contributed by atoms with van der Waals surface area (Å²) in [6.45, 7) is 0. The molecule has 0 spiro atoms. The van der Waals surface area contributed by atoms with Crippen LogP contribution < -0.4 is 16.3 Å². The van der Waals surface area contributed by atoms with Crippen molar-refractivity contribution in [3.8, 4) is 21.6 Å². The van der Waals surface area contributed by atoms with Crippen molar-refractivity contribution in [1.29, 1.82) is 0 Å². The molecular weight excluding hydrogens is 730 g/mol. The van der Waals surface area contributed by atoms with E-state index in [1.165, 1.54) is 51.1 Å². The topological polar surface area (TPSA) is 88.4 Å². The van der Waals surface area contributed by atoms with Gasteiger partial charge in [-0.05, 0) is 71.8 Å². The van der Waals surface area contributed by atoms with Crippen molar-refractivity contribution in [2.45, 2.75) is 23.9 Å². The first-order valence-corrected chi connectivity index (χ1v) is 18.9. The zero-order chi connectivity index (χ0) is 34.7. The van der Waals surface area contributed by atoms with E-state index < -0.39 is 23.3 Å². The highest BCUT2D eigenvalue weighted by atomic mass is 33.1. The highest BCUT2D eigenvalue weighted by molar-refractivity contribution is 8.76. The molecule has 2 N–H and O–H groups in total. The first-order chi connectivity index (χ1) is 23.4. The molecule has 1 aliphatic carbocycles. The zero-order valence-electron chi connectivity index (χ0n) is 25.3. The fraction of sp³-hybridized carbons (Fsp3) is 0.143. The number of halogens is 3. The van der Waals surface area contributed by atoms with Crippen LogP contribution in [0.4, 0.5) is 24.5 Å². The van der Waals surface area contributed by atoms with Gasteiger partial charge in [0.05, 0.1) is 5.56 Å². The Labute approximate surface area is 300 Å². The third-order valence-corrected chi connectivity index (χ3v) is 11.4. The second-order valence-electron chi connectivity index (χ2n) is 10.8. The number of thiol groups is 1. The largest absolute Gasteiger partial charge is 0.423 e. The quantitative estimate of drug-likeness (QED) is 0.0320. The van der Waals surface area contributed by atoms with Gasteiger partial charge in [-0.15, -0.1) is 24.0 Å². The van der Waals surface area contributed by atoms with Gasteiger partial charge >= 0.3 is 11.8 Å². The summed E-state index contributed by atoms with van der Waals surface area (Å²) in [5, 5.41) is 6.75. The van der Waals surface area contributed by atoms with E-state index in [1.54, 1.807) is 54.6 Å². The molecule has 49 heavy (non-hydrogen) atoms. The van der Waals surface area contributed by atoms with Crippen LogP contribution in [0.25, 0.3) is 42.6 Å². The van der Waals surface area contributed by atoms with Crippen molar-refractivity contribution in [2.24, 2.45) is 0 Å². The third-order valence-electron chi connectivity index (χ3n) is 7.37. The Morgan fingerprint density at radius 2 is 1.49 bits per heavy atom. The van der Waals surface area contributed by atoms with Gasteiger partial charge in [0.15, 0.2) is 0 Å². The fourth-order valence-electron chi connectivity index (χ4n) is 5.21. The summed E-state index contributed by atoms with van der Waals surface area (Å²) >= 11 is 11.2. The average molecular weight is 755 g/mol. The molecule has 2 amide bonds. The van der Waals surface area contributed by atoms with Gasteiger partial charge in [-0.3, -0.25) is 9.59 Å². The van der Waals surface area contributed by atoms with Crippen LogP contribution >= 0.6 is 57.8 Å². The van der Waals surface area contributed by atoms with Crippen LogP contribution in [0.15, 0.2) is 99.0 Å². The predicted octanol–water partition coefficient (Wildman–Crippen LogP) is 10.6. The number of rotatable bonds is 10. The van der Waals surface area contributed by atoms with E-state index in [0.717, 1.165) is 15.6 Å². The van der Waals surface area contributed by atoms with Gasteiger partial charge in [-0.2, -0.15) is 13.2 Å². The molecule has 0 saturated carbocycles. The Morgan fingerprint density at radius 3 is 2.20 bits per heavy atom. The number of alkyl halides is 3. The lowest BCUT2D eigenvalue weighted by atomic mass is 9.91. The molecule has 0 unspecified atom stereocenters. The Balaban J connectivity index is 1.07. The van der Waals surface area contributed by atoms with Crippen LogP contribution in [0.1, 0.15) is 18.4 Å². The van der Waals surface area contributed by atoms with Gasteiger partial charge in [0.2, 0.25) is 11.8 Å². The number of benzene rings is 4. The third kappa shape index (κ3) is 8.50. The Hall–Kier alpha value is -3.82. The molecule has 3 aromatic carbocycles. The van der Waals surface area contributed by atoms with Crippen molar-refractivity contribution in [2.75, 3.05) is 22.1 Å². The monoisotopic (exact) mass is 754 g/mol. The molecule has 14 heteroatoms. The zero-order valence-corrected chi connectivity index (χ0v) is 29.4. The van der Waals surface area contributed by atoms with Crippen LogP contribution in [-0.2, 0) is 15.8 Å². The lowest BCUT2D eigenvalue weighted by molar-refractivity contribution is -0.137. The van der Waals surface area contributed by atoms with E-state index in [2.05, 4.69) is 23.3 Å². The summed E-state index contributed by atoms with van der Waals surface area (Å²) in [5.74, 6) is 0.277. The average Bonchev–Trinajstić information content (AvgIpc) is 3.05.